The maximum atomic E-state index is 10.6. The maximum absolute atomic E-state index is 10.6. The monoisotopic (exact) mass is 552 g/mol. The summed E-state index contributed by atoms with van der Waals surface area (Å²) in [6.07, 6.45) is 0. The standard InChI is InChI=1S/C38H20N2OS/c39-21-23-7-5-8-24(17-23)32-18-26(27-11-6-12-31-30-10-2-4-14-37(30)42-38(27)31)19-33(34(32)22-40)25-15-16-29-28-9-1-3-13-35(28)41-36(29)20-25/h1-20H. The third-order valence-electron chi connectivity index (χ3n) is 7.96. The molecule has 6 aromatic carbocycles. The van der Waals surface area contributed by atoms with E-state index in [0.717, 1.165) is 55.3 Å². The second-order valence-electron chi connectivity index (χ2n) is 10.3. The van der Waals surface area contributed by atoms with Gasteiger partial charge in [0, 0.05) is 42.1 Å². The molecule has 42 heavy (non-hydrogen) atoms. The van der Waals surface area contributed by atoms with Crippen molar-refractivity contribution < 1.29 is 4.42 Å². The second-order valence-corrected chi connectivity index (χ2v) is 11.4. The smallest absolute Gasteiger partial charge is 0.136 e. The Morgan fingerprint density at radius 3 is 2.05 bits per heavy atom. The number of thiophene rings is 1. The normalized spacial score (nSPS) is 11.3. The summed E-state index contributed by atoms with van der Waals surface area (Å²) in [6.45, 7) is 0. The molecule has 0 fully saturated rings. The van der Waals surface area contributed by atoms with Gasteiger partial charge in [-0.05, 0) is 70.8 Å². The second kappa shape index (κ2) is 9.46. The highest BCUT2D eigenvalue weighted by Crippen LogP contribution is 2.44. The fourth-order valence-corrected chi connectivity index (χ4v) is 7.24. The maximum Gasteiger partial charge on any atom is 0.136 e. The van der Waals surface area contributed by atoms with E-state index in [1.807, 2.05) is 42.5 Å². The molecule has 8 rings (SSSR count). The van der Waals surface area contributed by atoms with Crippen molar-refractivity contribution in [3.8, 4) is 45.5 Å². The lowest BCUT2D eigenvalue weighted by Gasteiger charge is -2.15. The fourth-order valence-electron chi connectivity index (χ4n) is 6.00. The highest BCUT2D eigenvalue weighted by Gasteiger charge is 2.19. The molecule has 4 heteroatoms. The van der Waals surface area contributed by atoms with E-state index in [-0.39, 0.29) is 0 Å². The van der Waals surface area contributed by atoms with Crippen LogP contribution >= 0.6 is 11.3 Å². The quantitative estimate of drug-likeness (QED) is 0.219. The number of fused-ring (bicyclic) bond motifs is 6. The predicted octanol–water partition coefficient (Wildman–Crippen LogP) is 10.7. The minimum Gasteiger partial charge on any atom is -0.456 e. The Hall–Kier alpha value is -5.68. The predicted molar refractivity (Wildman–Crippen MR) is 172 cm³/mol. The molecule has 8 aromatic rings. The van der Waals surface area contributed by atoms with Crippen LogP contribution in [0.25, 0.3) is 75.5 Å². The van der Waals surface area contributed by atoms with Crippen LogP contribution in [0, 0.1) is 22.7 Å². The third-order valence-corrected chi connectivity index (χ3v) is 9.18. The molecule has 2 aromatic heterocycles. The Kier molecular flexibility index (Phi) is 5.44. The van der Waals surface area contributed by atoms with E-state index >= 15 is 0 Å². The summed E-state index contributed by atoms with van der Waals surface area (Å²) >= 11 is 1.78. The van der Waals surface area contributed by atoms with Gasteiger partial charge in [0.15, 0.2) is 0 Å². The third kappa shape index (κ3) is 3.71. The van der Waals surface area contributed by atoms with Crippen molar-refractivity contribution in [2.45, 2.75) is 0 Å². The molecule has 0 saturated carbocycles. The van der Waals surface area contributed by atoms with E-state index in [1.165, 1.54) is 20.2 Å². The molecule has 0 spiro atoms. The van der Waals surface area contributed by atoms with Gasteiger partial charge in [-0.25, -0.2) is 0 Å². The summed E-state index contributed by atoms with van der Waals surface area (Å²) in [5.41, 5.74) is 8.23. The largest absolute Gasteiger partial charge is 0.456 e. The first-order chi connectivity index (χ1) is 20.7. The summed E-state index contributed by atoms with van der Waals surface area (Å²) in [6, 6.07) is 45.6. The van der Waals surface area contributed by atoms with Gasteiger partial charge in [-0.2, -0.15) is 10.5 Å². The molecule has 0 bridgehead atoms. The Morgan fingerprint density at radius 1 is 0.500 bits per heavy atom. The summed E-state index contributed by atoms with van der Waals surface area (Å²) < 4.78 is 8.67. The molecule has 0 saturated heterocycles. The van der Waals surface area contributed by atoms with Crippen molar-refractivity contribution >= 4 is 53.4 Å². The van der Waals surface area contributed by atoms with Crippen molar-refractivity contribution in [3.63, 3.8) is 0 Å². The zero-order chi connectivity index (χ0) is 28.2. The number of benzene rings is 6. The van der Waals surface area contributed by atoms with Gasteiger partial charge in [-0.1, -0.05) is 72.8 Å². The molecule has 0 aliphatic rings. The van der Waals surface area contributed by atoms with Gasteiger partial charge in [0.05, 0.1) is 17.2 Å². The van der Waals surface area contributed by atoms with Gasteiger partial charge in [-0.3, -0.25) is 0 Å². The lowest BCUT2D eigenvalue weighted by Crippen LogP contribution is -1.93. The van der Waals surface area contributed by atoms with Crippen molar-refractivity contribution in [2.24, 2.45) is 0 Å². The van der Waals surface area contributed by atoms with E-state index in [9.17, 15) is 10.5 Å². The zero-order valence-electron chi connectivity index (χ0n) is 22.3. The fraction of sp³-hybridized carbons (Fsp3) is 0. The topological polar surface area (TPSA) is 60.7 Å². The van der Waals surface area contributed by atoms with Crippen molar-refractivity contribution in [2.75, 3.05) is 0 Å². The SMILES string of the molecule is N#Cc1cccc(-c2cc(-c3cccc4c3sc3ccccc34)cc(-c3ccc4c(c3)oc3ccccc34)c2C#N)c1. The Balaban J connectivity index is 1.44. The molecule has 0 aliphatic heterocycles. The highest BCUT2D eigenvalue weighted by molar-refractivity contribution is 7.26. The van der Waals surface area contributed by atoms with Gasteiger partial charge in [0.25, 0.3) is 0 Å². The van der Waals surface area contributed by atoms with Crippen LogP contribution in [-0.2, 0) is 0 Å². The van der Waals surface area contributed by atoms with Crippen LogP contribution in [0.2, 0.25) is 0 Å². The van der Waals surface area contributed by atoms with Crippen LogP contribution < -0.4 is 0 Å². The van der Waals surface area contributed by atoms with Crippen molar-refractivity contribution in [1.82, 2.24) is 0 Å². The van der Waals surface area contributed by atoms with Crippen LogP contribution in [0.5, 0.6) is 0 Å². The number of nitriles is 2. The number of hydrogen-bond acceptors (Lipinski definition) is 4. The van der Waals surface area contributed by atoms with Crippen LogP contribution in [0.1, 0.15) is 11.1 Å². The Labute approximate surface area is 245 Å². The van der Waals surface area contributed by atoms with Gasteiger partial charge in [0.1, 0.15) is 17.2 Å². The van der Waals surface area contributed by atoms with Gasteiger partial charge < -0.3 is 4.42 Å². The number of nitrogens with zero attached hydrogens (tertiary/aromatic N) is 2. The molecule has 0 radical (unpaired) electrons. The van der Waals surface area contributed by atoms with Crippen LogP contribution in [0.15, 0.2) is 126 Å². The van der Waals surface area contributed by atoms with Crippen LogP contribution in [0.4, 0.5) is 0 Å². The highest BCUT2D eigenvalue weighted by atomic mass is 32.1. The molecule has 0 aliphatic carbocycles. The van der Waals surface area contributed by atoms with Crippen molar-refractivity contribution in [1.29, 1.82) is 10.5 Å². The lowest BCUT2D eigenvalue weighted by molar-refractivity contribution is 0.669. The first kappa shape index (κ1) is 24.1. The number of rotatable bonds is 3. The van der Waals surface area contributed by atoms with E-state index in [1.54, 1.807) is 17.4 Å². The van der Waals surface area contributed by atoms with E-state index in [0.29, 0.717) is 11.1 Å². The lowest BCUT2D eigenvalue weighted by atomic mass is 9.87. The van der Waals surface area contributed by atoms with E-state index in [4.69, 9.17) is 4.42 Å². The molecule has 0 unspecified atom stereocenters. The number of furan rings is 1. The van der Waals surface area contributed by atoms with Crippen LogP contribution in [-0.4, -0.2) is 0 Å². The first-order valence-corrected chi connectivity index (χ1v) is 14.4. The average molecular weight is 553 g/mol. The summed E-state index contributed by atoms with van der Waals surface area (Å²) in [7, 11) is 0. The van der Waals surface area contributed by atoms with Gasteiger partial charge in [-0.15, -0.1) is 11.3 Å². The average Bonchev–Trinajstić information content (AvgIpc) is 3.62. The molecule has 0 N–H and O–H groups in total. The number of hydrogen-bond donors (Lipinski definition) is 0. The Morgan fingerprint density at radius 2 is 1.21 bits per heavy atom. The minimum atomic E-state index is 0.554. The summed E-state index contributed by atoms with van der Waals surface area (Å²) in [5, 5.41) is 24.8. The first-order valence-electron chi connectivity index (χ1n) is 13.6. The van der Waals surface area contributed by atoms with Crippen LogP contribution in [0.3, 0.4) is 0 Å². The Bertz CT molecular complexity index is 2450. The zero-order valence-corrected chi connectivity index (χ0v) is 23.1. The molecular weight excluding hydrogens is 532 g/mol. The molecule has 0 amide bonds. The van der Waals surface area contributed by atoms with Gasteiger partial charge >= 0.3 is 0 Å². The van der Waals surface area contributed by atoms with E-state index in [2.05, 4.69) is 84.9 Å². The molecule has 194 valence electrons. The molecule has 3 nitrogen and oxygen atoms in total. The van der Waals surface area contributed by atoms with Gasteiger partial charge in [0.2, 0.25) is 0 Å². The molecule has 0 atom stereocenters. The van der Waals surface area contributed by atoms with Crippen molar-refractivity contribution in [3.05, 3.63) is 132 Å². The molecule has 2 heterocycles. The summed E-state index contributed by atoms with van der Waals surface area (Å²) in [5.74, 6) is 0. The summed E-state index contributed by atoms with van der Waals surface area (Å²) in [4.78, 5) is 0. The van der Waals surface area contributed by atoms with E-state index < -0.39 is 0 Å². The molecular formula is C38H20N2OS. The minimum absolute atomic E-state index is 0.554. The number of para-hydroxylation sites is 1.